The summed E-state index contributed by atoms with van der Waals surface area (Å²) in [4.78, 5) is 0. The molecule has 0 fully saturated rings. The number of hydrogen-bond donors (Lipinski definition) is 2. The molecule has 0 aliphatic heterocycles. The third-order valence-corrected chi connectivity index (χ3v) is 0.940. The van der Waals surface area contributed by atoms with E-state index in [0.717, 1.165) is 0 Å². The third kappa shape index (κ3) is 6.65. The van der Waals surface area contributed by atoms with Crippen LogP contribution in [0.3, 0.4) is 0 Å². The van der Waals surface area contributed by atoms with Crippen molar-refractivity contribution in [1.82, 2.24) is 0 Å². The van der Waals surface area contributed by atoms with E-state index in [0.29, 0.717) is 0 Å². The van der Waals surface area contributed by atoms with Gasteiger partial charge in [-0.1, -0.05) is 35.9 Å². The molecule has 1 N–H and O–H groups in total. The summed E-state index contributed by atoms with van der Waals surface area (Å²) >= 11 is 2.53. The molecule has 0 unspecified atom stereocenters. The van der Waals surface area contributed by atoms with E-state index in [-0.39, 0.29) is 31.0 Å². The van der Waals surface area contributed by atoms with Crippen molar-refractivity contribution in [2.24, 2.45) is 0 Å². The summed E-state index contributed by atoms with van der Waals surface area (Å²) < 4.78 is 6.69. The Morgan fingerprint density at radius 3 is 1.80 bits per heavy atom. The van der Waals surface area contributed by atoms with Crippen molar-refractivity contribution in [3.63, 3.8) is 0 Å². The summed E-state index contributed by atoms with van der Waals surface area (Å²) in [5.41, 5.74) is 1.32. The first-order valence-electron chi connectivity index (χ1n) is 2.61. The predicted molar refractivity (Wildman–Crippen MR) is 43.9 cm³/mol. The molecule has 0 spiro atoms. The van der Waals surface area contributed by atoms with Gasteiger partial charge in [0.2, 0.25) is 0 Å². The molecule has 1 rings (SSSR count). The van der Waals surface area contributed by atoms with Gasteiger partial charge >= 0.3 is 29.6 Å². The number of rotatable bonds is 0. The topological polar surface area (TPSA) is 20.2 Å². The van der Waals surface area contributed by atoms with Gasteiger partial charge in [-0.15, -0.1) is 0 Å². The largest absolute Gasteiger partial charge is 1.00 e. The molecule has 1 nitrogen and oxygen atoms in total. The van der Waals surface area contributed by atoms with Crippen molar-refractivity contribution in [3.05, 3.63) is 35.9 Å². The molecular weight excluding hydrogens is 155 g/mol. The van der Waals surface area contributed by atoms with Gasteiger partial charge < -0.3 is 5.98 Å². The van der Waals surface area contributed by atoms with Crippen molar-refractivity contribution in [3.8, 4) is 0 Å². The van der Waals surface area contributed by atoms with E-state index in [1.54, 1.807) is 0 Å². The van der Waals surface area contributed by atoms with E-state index < -0.39 is 0 Å². The van der Waals surface area contributed by atoms with Crippen LogP contribution in [0.5, 0.6) is 0 Å². The molecule has 0 atom stereocenters. The fourth-order valence-corrected chi connectivity index (χ4v) is 0.534. The SMILES string of the molecule is Cc1ccccc1.OS.[H-].[Na+]. The summed E-state index contributed by atoms with van der Waals surface area (Å²) in [6.45, 7) is 2.08. The maximum absolute atomic E-state index is 6.69. The van der Waals surface area contributed by atoms with Gasteiger partial charge in [0.05, 0.1) is 0 Å². The summed E-state index contributed by atoms with van der Waals surface area (Å²) in [5.74, 6) is 0. The Kier molecular flexibility index (Phi) is 12.5. The van der Waals surface area contributed by atoms with Crippen LogP contribution >= 0.6 is 12.9 Å². The first-order chi connectivity index (χ1) is 4.39. The van der Waals surface area contributed by atoms with Crippen LogP contribution in [0.4, 0.5) is 0 Å². The summed E-state index contributed by atoms with van der Waals surface area (Å²) in [7, 11) is 0. The Morgan fingerprint density at radius 1 is 1.20 bits per heavy atom. The van der Waals surface area contributed by atoms with Crippen molar-refractivity contribution in [1.29, 1.82) is 0 Å². The van der Waals surface area contributed by atoms with Crippen molar-refractivity contribution < 1.29 is 35.5 Å². The molecule has 1 aromatic carbocycles. The molecule has 0 saturated heterocycles. The second-order valence-corrected chi connectivity index (χ2v) is 1.65. The standard InChI is InChI=1S/C7H8.Na.H2OS.H/c1-7-5-3-2-4-6-7;;1-2;/h2-6H,1H3;;1-2H;/q;+1;;-1. The maximum Gasteiger partial charge on any atom is 1.00 e. The Morgan fingerprint density at radius 2 is 1.60 bits per heavy atom. The van der Waals surface area contributed by atoms with E-state index in [1.807, 2.05) is 18.2 Å². The molecule has 10 heavy (non-hydrogen) atoms. The monoisotopic (exact) mass is 166 g/mol. The summed E-state index contributed by atoms with van der Waals surface area (Å²) in [5, 5.41) is 0. The zero-order valence-corrected chi connectivity index (χ0v) is 9.18. The van der Waals surface area contributed by atoms with E-state index in [4.69, 9.17) is 4.55 Å². The number of benzene rings is 1. The van der Waals surface area contributed by atoms with Crippen LogP contribution < -0.4 is 29.6 Å². The smallest absolute Gasteiger partial charge is 1.00 e. The minimum atomic E-state index is 0. The molecule has 0 aromatic heterocycles. The van der Waals surface area contributed by atoms with Gasteiger partial charge in [-0.3, -0.25) is 0 Å². The molecule has 0 amide bonds. The van der Waals surface area contributed by atoms with E-state index in [9.17, 15) is 0 Å². The van der Waals surface area contributed by atoms with Crippen LogP contribution in [0.25, 0.3) is 0 Å². The van der Waals surface area contributed by atoms with Gasteiger partial charge in [0.15, 0.2) is 0 Å². The predicted octanol–water partition coefficient (Wildman–Crippen LogP) is -0.499. The molecule has 0 heterocycles. The molecule has 0 bridgehead atoms. The van der Waals surface area contributed by atoms with Gasteiger partial charge in [0.1, 0.15) is 0 Å². The summed E-state index contributed by atoms with van der Waals surface area (Å²) in [6, 6.07) is 10.3. The van der Waals surface area contributed by atoms with E-state index in [1.165, 1.54) is 5.56 Å². The summed E-state index contributed by atoms with van der Waals surface area (Å²) in [6.07, 6.45) is 0. The first-order valence-corrected chi connectivity index (χ1v) is 3.01. The average Bonchev–Trinajstić information content (AvgIpc) is 1.94. The van der Waals surface area contributed by atoms with Gasteiger partial charge in [0.25, 0.3) is 0 Å². The zero-order chi connectivity index (χ0) is 7.11. The Bertz CT molecular complexity index is 148. The number of hydrogen-bond acceptors (Lipinski definition) is 2. The first kappa shape index (κ1) is 13.1. The second-order valence-electron chi connectivity index (χ2n) is 1.65. The van der Waals surface area contributed by atoms with Gasteiger partial charge in [-0.25, -0.2) is 0 Å². The van der Waals surface area contributed by atoms with E-state index in [2.05, 4.69) is 32.0 Å². The van der Waals surface area contributed by atoms with Crippen molar-refractivity contribution in [2.45, 2.75) is 6.92 Å². The fraction of sp³-hybridized carbons (Fsp3) is 0.143. The second kappa shape index (κ2) is 9.53. The molecular formula is C7H11NaOS. The molecule has 3 heteroatoms. The van der Waals surface area contributed by atoms with Crippen LogP contribution in [-0.2, 0) is 0 Å². The minimum Gasteiger partial charge on any atom is -1.00 e. The Hall–Kier alpha value is 0.530. The van der Waals surface area contributed by atoms with Crippen LogP contribution in [0.2, 0.25) is 0 Å². The van der Waals surface area contributed by atoms with Crippen molar-refractivity contribution in [2.75, 3.05) is 0 Å². The zero-order valence-electron chi connectivity index (χ0n) is 7.28. The maximum atomic E-state index is 6.69. The van der Waals surface area contributed by atoms with Gasteiger partial charge in [0, 0.05) is 0 Å². The Labute approximate surface area is 90.9 Å². The minimum absolute atomic E-state index is 0. The molecule has 0 radical (unpaired) electrons. The molecule has 52 valence electrons. The quantitative estimate of drug-likeness (QED) is 0.302. The number of thiol groups is 1. The molecule has 0 saturated carbocycles. The van der Waals surface area contributed by atoms with Crippen LogP contribution in [-0.4, -0.2) is 4.55 Å². The van der Waals surface area contributed by atoms with Crippen molar-refractivity contribution >= 4 is 12.9 Å². The van der Waals surface area contributed by atoms with Crippen LogP contribution in [0.15, 0.2) is 30.3 Å². The van der Waals surface area contributed by atoms with Crippen LogP contribution in [0.1, 0.15) is 6.99 Å². The Balaban J connectivity index is -0.000000149. The average molecular weight is 166 g/mol. The molecule has 0 aliphatic rings. The third-order valence-electron chi connectivity index (χ3n) is 0.940. The van der Waals surface area contributed by atoms with Gasteiger partial charge in [-0.05, 0) is 19.8 Å². The van der Waals surface area contributed by atoms with Crippen LogP contribution in [0, 0.1) is 6.92 Å². The normalized spacial score (nSPS) is 6.70. The molecule has 0 aliphatic carbocycles. The number of aryl methyl sites for hydroxylation is 1. The fourth-order valence-electron chi connectivity index (χ4n) is 0.534. The van der Waals surface area contributed by atoms with Gasteiger partial charge in [-0.2, -0.15) is 0 Å². The van der Waals surface area contributed by atoms with E-state index >= 15 is 0 Å². The molecule has 1 aromatic rings.